The molecule has 3 nitrogen and oxygen atoms in total. The summed E-state index contributed by atoms with van der Waals surface area (Å²) in [5.41, 5.74) is 6.84. The molecule has 2 N–H and O–H groups in total. The van der Waals surface area contributed by atoms with E-state index in [0.717, 1.165) is 25.2 Å². The third kappa shape index (κ3) is 3.75. The standard InChI is InChI=1S/C15H21F3N2O/c1-3-20-6-7-21-13(9-20)14(19)12-5-4-11(8-10(12)2)15(16,17)18/h4-5,8,13-14H,3,6-7,9,19H2,1-2H3. The maximum atomic E-state index is 12.7. The highest BCUT2D eigenvalue weighted by Crippen LogP contribution is 2.32. The minimum atomic E-state index is -4.33. The van der Waals surface area contributed by atoms with Gasteiger partial charge in [0.15, 0.2) is 0 Å². The summed E-state index contributed by atoms with van der Waals surface area (Å²) >= 11 is 0. The molecule has 1 aromatic rings. The Labute approximate surface area is 122 Å². The number of morpholine rings is 1. The third-order valence-electron chi connectivity index (χ3n) is 3.98. The lowest BCUT2D eigenvalue weighted by atomic mass is 9.95. The summed E-state index contributed by atoms with van der Waals surface area (Å²) in [5, 5.41) is 0. The number of ether oxygens (including phenoxy) is 1. The molecule has 0 amide bonds. The number of nitrogens with zero attached hydrogens (tertiary/aromatic N) is 1. The molecule has 118 valence electrons. The maximum Gasteiger partial charge on any atom is 0.416 e. The van der Waals surface area contributed by atoms with Gasteiger partial charge in [0.05, 0.1) is 24.3 Å². The Hall–Kier alpha value is -1.11. The summed E-state index contributed by atoms with van der Waals surface area (Å²) in [6, 6.07) is 3.29. The molecule has 1 saturated heterocycles. The zero-order valence-corrected chi connectivity index (χ0v) is 12.3. The number of hydrogen-bond acceptors (Lipinski definition) is 3. The van der Waals surface area contributed by atoms with Crippen LogP contribution in [0.4, 0.5) is 13.2 Å². The molecule has 1 fully saturated rings. The van der Waals surface area contributed by atoms with Crippen molar-refractivity contribution in [2.24, 2.45) is 5.73 Å². The van der Waals surface area contributed by atoms with Crippen LogP contribution in [0.1, 0.15) is 29.7 Å². The predicted molar refractivity (Wildman–Crippen MR) is 75.0 cm³/mol. The number of likely N-dealkylation sites (N-methyl/N-ethyl adjacent to an activating group) is 1. The molecule has 2 unspecified atom stereocenters. The molecule has 0 bridgehead atoms. The quantitative estimate of drug-likeness (QED) is 0.933. The van der Waals surface area contributed by atoms with Crippen LogP contribution in [0.25, 0.3) is 0 Å². The van der Waals surface area contributed by atoms with Crippen molar-refractivity contribution in [3.05, 3.63) is 34.9 Å². The molecule has 1 heterocycles. The van der Waals surface area contributed by atoms with Gasteiger partial charge in [0.2, 0.25) is 0 Å². The van der Waals surface area contributed by atoms with Crippen LogP contribution in [0.2, 0.25) is 0 Å². The molecule has 0 radical (unpaired) electrons. The molecule has 2 atom stereocenters. The van der Waals surface area contributed by atoms with E-state index in [0.29, 0.717) is 24.3 Å². The van der Waals surface area contributed by atoms with Crippen molar-refractivity contribution in [1.29, 1.82) is 0 Å². The Morgan fingerprint density at radius 2 is 2.14 bits per heavy atom. The van der Waals surface area contributed by atoms with Gasteiger partial charge >= 0.3 is 6.18 Å². The second kappa shape index (κ2) is 6.34. The summed E-state index contributed by atoms with van der Waals surface area (Å²) in [6.45, 7) is 6.82. The lowest BCUT2D eigenvalue weighted by Gasteiger charge is -2.35. The molecular formula is C15H21F3N2O. The highest BCUT2D eigenvalue weighted by Gasteiger charge is 2.32. The van der Waals surface area contributed by atoms with Crippen molar-refractivity contribution in [1.82, 2.24) is 4.90 Å². The van der Waals surface area contributed by atoms with E-state index >= 15 is 0 Å². The number of nitrogens with two attached hydrogens (primary N) is 1. The van der Waals surface area contributed by atoms with Gasteiger partial charge in [0.1, 0.15) is 0 Å². The minimum Gasteiger partial charge on any atom is -0.374 e. The SMILES string of the molecule is CCN1CCOC(C(N)c2ccc(C(F)(F)F)cc2C)C1. The fraction of sp³-hybridized carbons (Fsp3) is 0.600. The van der Waals surface area contributed by atoms with E-state index in [1.54, 1.807) is 6.92 Å². The zero-order valence-electron chi connectivity index (χ0n) is 12.3. The van der Waals surface area contributed by atoms with E-state index in [4.69, 9.17) is 10.5 Å². The van der Waals surface area contributed by atoms with E-state index in [-0.39, 0.29) is 6.10 Å². The minimum absolute atomic E-state index is 0.186. The van der Waals surface area contributed by atoms with Crippen molar-refractivity contribution in [2.75, 3.05) is 26.2 Å². The fourth-order valence-electron chi connectivity index (χ4n) is 2.66. The van der Waals surface area contributed by atoms with Crippen LogP contribution in [-0.2, 0) is 10.9 Å². The summed E-state index contributed by atoms with van der Waals surface area (Å²) in [6.07, 6.45) is -4.51. The maximum absolute atomic E-state index is 12.7. The van der Waals surface area contributed by atoms with Crippen LogP contribution in [0, 0.1) is 6.92 Å². The molecule has 2 rings (SSSR count). The van der Waals surface area contributed by atoms with Crippen LogP contribution < -0.4 is 5.73 Å². The smallest absolute Gasteiger partial charge is 0.374 e. The summed E-state index contributed by atoms with van der Waals surface area (Å²) in [7, 11) is 0. The Morgan fingerprint density at radius 1 is 1.43 bits per heavy atom. The lowest BCUT2D eigenvalue weighted by molar-refractivity contribution is -0.137. The topological polar surface area (TPSA) is 38.5 Å². The molecular weight excluding hydrogens is 281 g/mol. The number of halogens is 3. The average molecular weight is 302 g/mol. The lowest BCUT2D eigenvalue weighted by Crippen LogP contribution is -2.46. The van der Waals surface area contributed by atoms with Gasteiger partial charge in [0, 0.05) is 13.1 Å². The van der Waals surface area contributed by atoms with E-state index in [9.17, 15) is 13.2 Å². The fourth-order valence-corrected chi connectivity index (χ4v) is 2.66. The van der Waals surface area contributed by atoms with Gasteiger partial charge in [-0.15, -0.1) is 0 Å². The summed E-state index contributed by atoms with van der Waals surface area (Å²) in [4.78, 5) is 2.23. The van der Waals surface area contributed by atoms with E-state index in [1.807, 2.05) is 0 Å². The number of hydrogen-bond donors (Lipinski definition) is 1. The Morgan fingerprint density at radius 3 is 2.71 bits per heavy atom. The van der Waals surface area contributed by atoms with Crippen molar-refractivity contribution < 1.29 is 17.9 Å². The van der Waals surface area contributed by atoms with Crippen LogP contribution in [-0.4, -0.2) is 37.2 Å². The van der Waals surface area contributed by atoms with Gasteiger partial charge in [-0.1, -0.05) is 13.0 Å². The average Bonchev–Trinajstić information content (AvgIpc) is 2.45. The van der Waals surface area contributed by atoms with Crippen molar-refractivity contribution in [3.63, 3.8) is 0 Å². The van der Waals surface area contributed by atoms with E-state index < -0.39 is 17.8 Å². The highest BCUT2D eigenvalue weighted by atomic mass is 19.4. The van der Waals surface area contributed by atoms with Crippen molar-refractivity contribution in [3.8, 4) is 0 Å². The normalized spacial score (nSPS) is 22.3. The molecule has 6 heteroatoms. The van der Waals surface area contributed by atoms with Crippen LogP contribution >= 0.6 is 0 Å². The monoisotopic (exact) mass is 302 g/mol. The van der Waals surface area contributed by atoms with Gasteiger partial charge in [-0.3, -0.25) is 4.90 Å². The molecule has 0 aromatic heterocycles. The number of benzene rings is 1. The molecule has 21 heavy (non-hydrogen) atoms. The molecule has 0 saturated carbocycles. The molecule has 0 aliphatic carbocycles. The first-order valence-corrected chi connectivity index (χ1v) is 7.10. The van der Waals surface area contributed by atoms with Crippen molar-refractivity contribution in [2.45, 2.75) is 32.2 Å². The van der Waals surface area contributed by atoms with Crippen molar-refractivity contribution >= 4 is 0 Å². The van der Waals surface area contributed by atoms with Gasteiger partial charge in [0.25, 0.3) is 0 Å². The zero-order chi connectivity index (χ0) is 15.6. The van der Waals surface area contributed by atoms with Gasteiger partial charge < -0.3 is 10.5 Å². The van der Waals surface area contributed by atoms with Gasteiger partial charge in [-0.05, 0) is 36.7 Å². The predicted octanol–water partition coefficient (Wildman–Crippen LogP) is 2.73. The second-order valence-corrected chi connectivity index (χ2v) is 5.40. The van der Waals surface area contributed by atoms with E-state index in [1.165, 1.54) is 6.07 Å². The van der Waals surface area contributed by atoms with Gasteiger partial charge in [-0.2, -0.15) is 13.2 Å². The summed E-state index contributed by atoms with van der Waals surface area (Å²) < 4.78 is 43.8. The molecule has 0 spiro atoms. The van der Waals surface area contributed by atoms with Crippen LogP contribution in [0.3, 0.4) is 0 Å². The Kier molecular flexibility index (Phi) is 4.91. The third-order valence-corrected chi connectivity index (χ3v) is 3.98. The van der Waals surface area contributed by atoms with E-state index in [2.05, 4.69) is 11.8 Å². The first kappa shape index (κ1) is 16.3. The number of aryl methyl sites for hydroxylation is 1. The molecule has 1 aliphatic heterocycles. The Bertz CT molecular complexity index is 490. The first-order chi connectivity index (χ1) is 9.82. The van der Waals surface area contributed by atoms with Crippen LogP contribution in [0.15, 0.2) is 18.2 Å². The molecule has 1 aromatic carbocycles. The highest BCUT2D eigenvalue weighted by molar-refractivity contribution is 5.35. The Balaban J connectivity index is 2.17. The second-order valence-electron chi connectivity index (χ2n) is 5.40. The number of alkyl halides is 3. The summed E-state index contributed by atoms with van der Waals surface area (Å²) in [5.74, 6) is 0. The first-order valence-electron chi connectivity index (χ1n) is 7.10. The van der Waals surface area contributed by atoms with Crippen LogP contribution in [0.5, 0.6) is 0 Å². The number of rotatable bonds is 3. The van der Waals surface area contributed by atoms with Gasteiger partial charge in [-0.25, -0.2) is 0 Å². The largest absolute Gasteiger partial charge is 0.416 e. The molecule has 1 aliphatic rings.